The topological polar surface area (TPSA) is 29.3 Å². The first-order valence-corrected chi connectivity index (χ1v) is 6.76. The number of hydrogen-bond donors (Lipinski definition) is 1. The lowest BCUT2D eigenvalue weighted by atomic mass is 9.78. The summed E-state index contributed by atoms with van der Waals surface area (Å²) in [6.45, 7) is 11.2. The molecule has 2 nitrogen and oxygen atoms in total. The summed E-state index contributed by atoms with van der Waals surface area (Å²) in [6.07, 6.45) is 4.14. The molecule has 0 bridgehead atoms. The van der Waals surface area contributed by atoms with Crippen LogP contribution < -0.4 is 5.73 Å². The molecule has 0 radical (unpaired) electrons. The SMILES string of the molecule is CC1CCC(N(C)CC(C)(C)CN)C(C)C1. The maximum absolute atomic E-state index is 5.81. The van der Waals surface area contributed by atoms with Gasteiger partial charge in [0.1, 0.15) is 0 Å². The molecule has 0 spiro atoms. The van der Waals surface area contributed by atoms with Crippen molar-refractivity contribution in [3.8, 4) is 0 Å². The van der Waals surface area contributed by atoms with E-state index in [2.05, 4.69) is 39.6 Å². The minimum absolute atomic E-state index is 0.248. The molecule has 1 rings (SSSR count). The second-order valence-electron chi connectivity index (χ2n) is 6.75. The highest BCUT2D eigenvalue weighted by molar-refractivity contribution is 4.84. The van der Waals surface area contributed by atoms with Gasteiger partial charge in [0.05, 0.1) is 0 Å². The van der Waals surface area contributed by atoms with Crippen molar-refractivity contribution in [2.24, 2.45) is 23.0 Å². The van der Waals surface area contributed by atoms with E-state index in [9.17, 15) is 0 Å². The quantitative estimate of drug-likeness (QED) is 0.798. The van der Waals surface area contributed by atoms with Crippen LogP contribution in [0.1, 0.15) is 47.0 Å². The third-order valence-corrected chi connectivity index (χ3v) is 4.18. The van der Waals surface area contributed by atoms with Gasteiger partial charge in [0.25, 0.3) is 0 Å². The summed E-state index contributed by atoms with van der Waals surface area (Å²) in [6, 6.07) is 0.766. The van der Waals surface area contributed by atoms with Crippen molar-refractivity contribution >= 4 is 0 Å². The van der Waals surface area contributed by atoms with Crippen molar-refractivity contribution in [1.82, 2.24) is 4.90 Å². The Morgan fingerprint density at radius 1 is 1.25 bits per heavy atom. The molecule has 2 heteroatoms. The molecule has 0 aromatic carbocycles. The fourth-order valence-electron chi connectivity index (χ4n) is 3.16. The summed E-state index contributed by atoms with van der Waals surface area (Å²) in [7, 11) is 2.27. The standard InChI is InChI=1S/C14H30N2/c1-11-6-7-13(12(2)8-11)16(5)10-14(3,4)9-15/h11-13H,6-10,15H2,1-5H3. The van der Waals surface area contributed by atoms with E-state index in [4.69, 9.17) is 5.73 Å². The molecule has 1 aliphatic carbocycles. The van der Waals surface area contributed by atoms with Crippen LogP contribution in [0.25, 0.3) is 0 Å². The molecule has 16 heavy (non-hydrogen) atoms. The summed E-state index contributed by atoms with van der Waals surface area (Å²) in [5.41, 5.74) is 6.06. The molecule has 3 unspecified atom stereocenters. The number of nitrogens with two attached hydrogens (primary N) is 1. The fourth-order valence-corrected chi connectivity index (χ4v) is 3.16. The summed E-state index contributed by atoms with van der Waals surface area (Å²) in [4.78, 5) is 2.55. The van der Waals surface area contributed by atoms with Gasteiger partial charge < -0.3 is 10.6 Å². The van der Waals surface area contributed by atoms with Crippen LogP contribution >= 0.6 is 0 Å². The molecule has 0 aliphatic heterocycles. The second-order valence-corrected chi connectivity index (χ2v) is 6.75. The molecular formula is C14H30N2. The first-order chi connectivity index (χ1) is 7.35. The molecule has 0 aromatic rings. The van der Waals surface area contributed by atoms with E-state index >= 15 is 0 Å². The van der Waals surface area contributed by atoms with E-state index in [1.54, 1.807) is 0 Å². The van der Waals surface area contributed by atoms with Crippen LogP contribution in [0.5, 0.6) is 0 Å². The fraction of sp³-hybridized carbons (Fsp3) is 1.00. The molecule has 0 aromatic heterocycles. The lowest BCUT2D eigenvalue weighted by molar-refractivity contribution is 0.0848. The number of rotatable bonds is 4. The van der Waals surface area contributed by atoms with Crippen LogP contribution in [0.15, 0.2) is 0 Å². The van der Waals surface area contributed by atoms with Gasteiger partial charge in [0.2, 0.25) is 0 Å². The Bertz CT molecular complexity index is 213. The van der Waals surface area contributed by atoms with Gasteiger partial charge in [0.15, 0.2) is 0 Å². The van der Waals surface area contributed by atoms with Crippen molar-refractivity contribution in [2.75, 3.05) is 20.1 Å². The van der Waals surface area contributed by atoms with Crippen molar-refractivity contribution in [3.05, 3.63) is 0 Å². The van der Waals surface area contributed by atoms with Crippen LogP contribution in [-0.4, -0.2) is 31.1 Å². The Balaban J connectivity index is 2.50. The maximum Gasteiger partial charge on any atom is 0.0118 e. The van der Waals surface area contributed by atoms with E-state index in [1.807, 2.05) is 0 Å². The summed E-state index contributed by atoms with van der Waals surface area (Å²) in [5.74, 6) is 1.75. The Hall–Kier alpha value is -0.0800. The highest BCUT2D eigenvalue weighted by Gasteiger charge is 2.30. The zero-order valence-electron chi connectivity index (χ0n) is 11.8. The molecule has 3 atom stereocenters. The van der Waals surface area contributed by atoms with Crippen LogP contribution in [-0.2, 0) is 0 Å². The van der Waals surface area contributed by atoms with Gasteiger partial charge in [-0.25, -0.2) is 0 Å². The van der Waals surface area contributed by atoms with Gasteiger partial charge in [-0.1, -0.05) is 27.7 Å². The molecule has 0 heterocycles. The summed E-state index contributed by atoms with van der Waals surface area (Å²) >= 11 is 0. The molecule has 0 amide bonds. The van der Waals surface area contributed by atoms with Gasteiger partial charge in [-0.05, 0) is 50.1 Å². The summed E-state index contributed by atoms with van der Waals surface area (Å²) in [5, 5.41) is 0. The minimum atomic E-state index is 0.248. The Kier molecular flexibility index (Phi) is 4.81. The zero-order chi connectivity index (χ0) is 12.3. The van der Waals surface area contributed by atoms with Gasteiger partial charge >= 0.3 is 0 Å². The Labute approximate surface area is 102 Å². The van der Waals surface area contributed by atoms with Crippen molar-refractivity contribution in [1.29, 1.82) is 0 Å². The normalized spacial score (nSPS) is 32.1. The first-order valence-electron chi connectivity index (χ1n) is 6.76. The van der Waals surface area contributed by atoms with Gasteiger partial charge in [-0.2, -0.15) is 0 Å². The Morgan fingerprint density at radius 2 is 1.88 bits per heavy atom. The Morgan fingerprint density at radius 3 is 2.38 bits per heavy atom. The van der Waals surface area contributed by atoms with E-state index in [0.29, 0.717) is 0 Å². The lowest BCUT2D eigenvalue weighted by Gasteiger charge is -2.41. The molecule has 1 aliphatic rings. The average Bonchev–Trinajstić information content (AvgIpc) is 2.16. The molecule has 1 saturated carbocycles. The summed E-state index contributed by atoms with van der Waals surface area (Å²) < 4.78 is 0. The third kappa shape index (κ3) is 3.74. The van der Waals surface area contributed by atoms with E-state index < -0.39 is 0 Å². The zero-order valence-corrected chi connectivity index (χ0v) is 11.8. The van der Waals surface area contributed by atoms with E-state index in [1.165, 1.54) is 19.3 Å². The molecule has 0 saturated heterocycles. The first kappa shape index (κ1) is 14.0. The minimum Gasteiger partial charge on any atom is -0.330 e. The lowest BCUT2D eigenvalue weighted by Crippen LogP contribution is -2.46. The highest BCUT2D eigenvalue weighted by Crippen LogP contribution is 2.32. The van der Waals surface area contributed by atoms with Gasteiger partial charge in [-0.15, -0.1) is 0 Å². The van der Waals surface area contributed by atoms with Gasteiger partial charge in [-0.3, -0.25) is 0 Å². The monoisotopic (exact) mass is 226 g/mol. The molecule has 1 fully saturated rings. The van der Waals surface area contributed by atoms with Crippen molar-refractivity contribution < 1.29 is 0 Å². The third-order valence-electron chi connectivity index (χ3n) is 4.18. The second kappa shape index (κ2) is 5.50. The molecule has 2 N–H and O–H groups in total. The predicted molar refractivity (Wildman–Crippen MR) is 71.4 cm³/mol. The molecule has 96 valence electrons. The van der Waals surface area contributed by atoms with E-state index in [0.717, 1.165) is 31.0 Å². The predicted octanol–water partition coefficient (Wildman–Crippen LogP) is 2.73. The average molecular weight is 226 g/mol. The number of nitrogens with zero attached hydrogens (tertiary/aromatic N) is 1. The van der Waals surface area contributed by atoms with E-state index in [-0.39, 0.29) is 5.41 Å². The van der Waals surface area contributed by atoms with Crippen molar-refractivity contribution in [3.63, 3.8) is 0 Å². The van der Waals surface area contributed by atoms with Crippen LogP contribution in [0, 0.1) is 17.3 Å². The highest BCUT2D eigenvalue weighted by atomic mass is 15.1. The maximum atomic E-state index is 5.81. The van der Waals surface area contributed by atoms with Crippen LogP contribution in [0.3, 0.4) is 0 Å². The largest absolute Gasteiger partial charge is 0.330 e. The molecular weight excluding hydrogens is 196 g/mol. The van der Waals surface area contributed by atoms with Crippen LogP contribution in [0.2, 0.25) is 0 Å². The van der Waals surface area contributed by atoms with Crippen LogP contribution in [0.4, 0.5) is 0 Å². The van der Waals surface area contributed by atoms with Gasteiger partial charge in [0, 0.05) is 12.6 Å². The smallest absolute Gasteiger partial charge is 0.0118 e. The van der Waals surface area contributed by atoms with Crippen molar-refractivity contribution in [2.45, 2.75) is 53.0 Å². The number of hydrogen-bond acceptors (Lipinski definition) is 2.